The number of sulfone groups is 1. The topological polar surface area (TPSA) is 157 Å². The quantitative estimate of drug-likeness (QED) is 0.267. The van der Waals surface area contributed by atoms with Gasteiger partial charge in [-0.2, -0.15) is 0 Å². The Bertz CT molecular complexity index is 1160. The standard InChI is InChI=1S/C26H35N3O8S/c1-18(2)17-27-24(38(34,35)21-13-11-20(12-14-21)29(32)33)22(15-10-19-7-4-3-5-8-19)28-26(31)37-23-9-6-16-36-25(23)30/h3-5,7-8,11-14,18,22-25,27,30H,6,9-10,15-17H2,1-2H3,(H,28,31)/t22-,23-,24?,25?/m0/s1. The summed E-state index contributed by atoms with van der Waals surface area (Å²) in [5, 5.41) is 25.6. The number of benzene rings is 2. The second-order valence-electron chi connectivity index (χ2n) is 9.64. The third kappa shape index (κ3) is 8.22. The fourth-order valence-electron chi connectivity index (χ4n) is 4.17. The molecular weight excluding hydrogens is 514 g/mol. The van der Waals surface area contributed by atoms with E-state index in [9.17, 15) is 28.4 Å². The molecule has 1 aliphatic rings. The Morgan fingerprint density at radius 1 is 1.18 bits per heavy atom. The van der Waals surface area contributed by atoms with Gasteiger partial charge >= 0.3 is 6.09 Å². The molecule has 0 aliphatic carbocycles. The van der Waals surface area contributed by atoms with E-state index in [1.165, 1.54) is 12.1 Å². The number of aliphatic hydroxyl groups excluding tert-OH is 1. The lowest BCUT2D eigenvalue weighted by Gasteiger charge is -2.31. The van der Waals surface area contributed by atoms with Crippen molar-refractivity contribution in [1.29, 1.82) is 0 Å². The summed E-state index contributed by atoms with van der Waals surface area (Å²) >= 11 is 0. The van der Waals surface area contributed by atoms with E-state index >= 15 is 0 Å². The normalized spacial score (nSPS) is 19.5. The molecule has 0 aromatic heterocycles. The Hall–Kier alpha value is -3.06. The average Bonchev–Trinajstić information content (AvgIpc) is 2.89. The Kier molecular flexibility index (Phi) is 10.6. The molecule has 2 unspecified atom stereocenters. The summed E-state index contributed by atoms with van der Waals surface area (Å²) in [4.78, 5) is 23.3. The number of hydrogen-bond donors (Lipinski definition) is 3. The zero-order valence-electron chi connectivity index (χ0n) is 21.5. The first-order valence-corrected chi connectivity index (χ1v) is 14.1. The maximum atomic E-state index is 13.8. The minimum Gasteiger partial charge on any atom is -0.441 e. The van der Waals surface area contributed by atoms with Crippen molar-refractivity contribution in [3.8, 4) is 0 Å². The first-order chi connectivity index (χ1) is 18.1. The molecule has 1 saturated heterocycles. The van der Waals surface area contributed by atoms with Crippen molar-refractivity contribution in [2.75, 3.05) is 13.2 Å². The smallest absolute Gasteiger partial charge is 0.407 e. The van der Waals surface area contributed by atoms with Crippen LogP contribution in [0.15, 0.2) is 59.5 Å². The van der Waals surface area contributed by atoms with Crippen LogP contribution in [0, 0.1) is 16.0 Å². The van der Waals surface area contributed by atoms with Crippen molar-refractivity contribution >= 4 is 21.6 Å². The van der Waals surface area contributed by atoms with Crippen LogP contribution < -0.4 is 10.6 Å². The van der Waals surface area contributed by atoms with Crippen LogP contribution >= 0.6 is 0 Å². The maximum absolute atomic E-state index is 13.8. The second kappa shape index (κ2) is 13.7. The number of rotatable bonds is 12. The largest absolute Gasteiger partial charge is 0.441 e. The van der Waals surface area contributed by atoms with Gasteiger partial charge in [0.2, 0.25) is 0 Å². The van der Waals surface area contributed by atoms with Crippen molar-refractivity contribution in [2.45, 2.75) is 68.2 Å². The average molecular weight is 550 g/mol. The van der Waals surface area contributed by atoms with Crippen LogP contribution in [0.1, 0.15) is 38.7 Å². The molecule has 11 nitrogen and oxygen atoms in total. The number of nitrogens with one attached hydrogen (secondary N) is 2. The van der Waals surface area contributed by atoms with E-state index in [4.69, 9.17) is 9.47 Å². The summed E-state index contributed by atoms with van der Waals surface area (Å²) in [5.41, 5.74) is 0.727. The van der Waals surface area contributed by atoms with Gasteiger partial charge in [0.15, 0.2) is 22.2 Å². The molecule has 12 heteroatoms. The highest BCUT2D eigenvalue weighted by molar-refractivity contribution is 7.92. The molecule has 208 valence electrons. The van der Waals surface area contributed by atoms with Crippen molar-refractivity contribution < 1.29 is 32.7 Å². The molecule has 1 fully saturated rings. The molecule has 0 radical (unpaired) electrons. The molecule has 38 heavy (non-hydrogen) atoms. The number of aryl methyl sites for hydroxylation is 1. The molecule has 0 saturated carbocycles. The van der Waals surface area contributed by atoms with Crippen LogP contribution in [-0.2, 0) is 25.7 Å². The van der Waals surface area contributed by atoms with Crippen molar-refractivity contribution in [3.63, 3.8) is 0 Å². The third-order valence-corrected chi connectivity index (χ3v) is 8.28. The number of carbonyl (C=O) groups excluding carboxylic acids is 1. The summed E-state index contributed by atoms with van der Waals surface area (Å²) in [5.74, 6) is 0.0980. The van der Waals surface area contributed by atoms with Gasteiger partial charge in [-0.1, -0.05) is 44.2 Å². The molecule has 2 aromatic carbocycles. The highest BCUT2D eigenvalue weighted by Crippen LogP contribution is 2.23. The van der Waals surface area contributed by atoms with Gasteiger partial charge in [-0.05, 0) is 55.8 Å². The van der Waals surface area contributed by atoms with Gasteiger partial charge in [0, 0.05) is 12.1 Å². The first-order valence-electron chi connectivity index (χ1n) is 12.6. The Morgan fingerprint density at radius 3 is 2.47 bits per heavy atom. The summed E-state index contributed by atoms with van der Waals surface area (Å²) < 4.78 is 38.2. The SMILES string of the molecule is CC(C)CNC([C@H](CCc1ccccc1)NC(=O)O[C@H]1CCCOC1O)S(=O)(=O)c1ccc([N+](=O)[O-])cc1. The summed E-state index contributed by atoms with van der Waals surface area (Å²) in [6.07, 6.45) is -1.24. The van der Waals surface area contributed by atoms with Gasteiger partial charge in [-0.3, -0.25) is 15.4 Å². The number of hydrogen-bond acceptors (Lipinski definition) is 9. The van der Waals surface area contributed by atoms with E-state index in [2.05, 4.69) is 10.6 Å². The number of nitro groups is 1. The van der Waals surface area contributed by atoms with Gasteiger partial charge in [0.25, 0.3) is 5.69 Å². The predicted molar refractivity (Wildman–Crippen MR) is 140 cm³/mol. The highest BCUT2D eigenvalue weighted by atomic mass is 32.2. The lowest BCUT2D eigenvalue weighted by Crippen LogP contribution is -2.55. The fraction of sp³-hybridized carbons (Fsp3) is 0.500. The van der Waals surface area contributed by atoms with Crippen molar-refractivity contribution in [2.24, 2.45) is 5.92 Å². The number of carbonyl (C=O) groups is 1. The second-order valence-corrected chi connectivity index (χ2v) is 11.7. The molecule has 0 bridgehead atoms. The lowest BCUT2D eigenvalue weighted by molar-refractivity contribution is -0.384. The molecule has 2 aromatic rings. The Morgan fingerprint density at radius 2 is 1.87 bits per heavy atom. The number of non-ortho nitro benzene ring substituents is 1. The fourth-order valence-corrected chi connectivity index (χ4v) is 5.93. The number of ether oxygens (including phenoxy) is 2. The number of amides is 1. The molecule has 3 N–H and O–H groups in total. The predicted octanol–water partition coefficient (Wildman–Crippen LogP) is 3.17. The van der Waals surface area contributed by atoms with E-state index in [1.54, 1.807) is 0 Å². The minimum absolute atomic E-state index is 0.0980. The Balaban J connectivity index is 1.90. The van der Waals surface area contributed by atoms with E-state index in [0.29, 0.717) is 32.4 Å². The summed E-state index contributed by atoms with van der Waals surface area (Å²) in [7, 11) is -4.11. The van der Waals surface area contributed by atoms with Crippen LogP contribution in [0.5, 0.6) is 0 Å². The third-order valence-electron chi connectivity index (χ3n) is 6.19. The summed E-state index contributed by atoms with van der Waals surface area (Å²) in [6, 6.07) is 13.2. The number of alkyl carbamates (subject to hydrolysis) is 1. The summed E-state index contributed by atoms with van der Waals surface area (Å²) in [6.45, 7) is 4.54. The zero-order chi connectivity index (χ0) is 27.7. The maximum Gasteiger partial charge on any atom is 0.407 e. The van der Waals surface area contributed by atoms with E-state index in [0.717, 1.165) is 17.7 Å². The van der Waals surface area contributed by atoms with Crippen LogP contribution in [0.2, 0.25) is 0 Å². The molecule has 1 heterocycles. The number of nitrogens with zero attached hydrogens (tertiary/aromatic N) is 1. The minimum atomic E-state index is -4.11. The highest BCUT2D eigenvalue weighted by Gasteiger charge is 2.37. The molecule has 4 atom stereocenters. The van der Waals surface area contributed by atoms with Crippen molar-refractivity contribution in [1.82, 2.24) is 10.6 Å². The van der Waals surface area contributed by atoms with E-state index in [-0.39, 0.29) is 22.9 Å². The number of aliphatic hydroxyl groups is 1. The Labute approximate surface area is 222 Å². The van der Waals surface area contributed by atoms with Gasteiger partial charge in [0.1, 0.15) is 5.37 Å². The monoisotopic (exact) mass is 549 g/mol. The van der Waals surface area contributed by atoms with E-state index < -0.39 is 44.7 Å². The van der Waals surface area contributed by atoms with Crippen LogP contribution in [-0.4, -0.2) is 61.5 Å². The van der Waals surface area contributed by atoms with Crippen LogP contribution in [0.25, 0.3) is 0 Å². The lowest BCUT2D eigenvalue weighted by atomic mass is 10.0. The van der Waals surface area contributed by atoms with Gasteiger partial charge in [-0.15, -0.1) is 0 Å². The molecular formula is C26H35N3O8S. The van der Waals surface area contributed by atoms with Crippen LogP contribution in [0.3, 0.4) is 0 Å². The molecule has 1 amide bonds. The van der Waals surface area contributed by atoms with Gasteiger partial charge in [0.05, 0.1) is 22.5 Å². The van der Waals surface area contributed by atoms with Crippen LogP contribution in [0.4, 0.5) is 10.5 Å². The van der Waals surface area contributed by atoms with Gasteiger partial charge in [-0.25, -0.2) is 13.2 Å². The molecule has 1 aliphatic heterocycles. The van der Waals surface area contributed by atoms with Gasteiger partial charge < -0.3 is 19.9 Å². The number of nitro benzene ring substituents is 1. The molecule has 3 rings (SSSR count). The first kappa shape index (κ1) is 29.5. The molecule has 0 spiro atoms. The zero-order valence-corrected chi connectivity index (χ0v) is 22.3. The van der Waals surface area contributed by atoms with Crippen molar-refractivity contribution in [3.05, 3.63) is 70.3 Å². The van der Waals surface area contributed by atoms with E-state index in [1.807, 2.05) is 44.2 Å².